The van der Waals surface area contributed by atoms with E-state index in [1.165, 1.54) is 10.5 Å². The maximum Gasteiger partial charge on any atom is 1.00 e. The summed E-state index contributed by atoms with van der Waals surface area (Å²) in [4.78, 5) is 72.1. The summed E-state index contributed by atoms with van der Waals surface area (Å²) in [5.41, 5.74) is 0.742. The first kappa shape index (κ1) is 42.9. The summed E-state index contributed by atoms with van der Waals surface area (Å²) in [6, 6.07) is 3.80. The Bertz CT molecular complexity index is 1760. The van der Waals surface area contributed by atoms with Crippen LogP contribution in [0.2, 0.25) is 0 Å². The van der Waals surface area contributed by atoms with Crippen LogP contribution in [-0.4, -0.2) is 90.3 Å². The number of hydrogen-bond acceptors (Lipinski definition) is 9. The van der Waals surface area contributed by atoms with Gasteiger partial charge < -0.3 is 25.0 Å². The summed E-state index contributed by atoms with van der Waals surface area (Å²) in [7, 11) is -3.88. The SMILES string of the molecule is CC[C@@H]1CC1(NC(=O)[C@@H]1C[C@@H]2CN1C(=O)C(C(C)(C)C)NC(=O)OCC(C)(C)CCCCc1cccc3c1CN(C3)C(=O)O2)C(=O)NS(=O)(=O)C1CC1.[K+]. The molecule has 6 rings (SSSR count). The van der Waals surface area contributed by atoms with Crippen molar-refractivity contribution in [3.05, 3.63) is 34.9 Å². The fraction of sp³-hybridized carbons (Fsp3) is 0.711. The zero-order valence-electron chi connectivity index (χ0n) is 32.8. The summed E-state index contributed by atoms with van der Waals surface area (Å²) in [5, 5.41) is 4.95. The maximum absolute atomic E-state index is 14.5. The Morgan fingerprint density at radius 1 is 1.06 bits per heavy atom. The first-order chi connectivity index (χ1) is 24.8. The molecular formula is C38H55KN5O9S+. The van der Waals surface area contributed by atoms with Gasteiger partial charge in [-0.25, -0.2) is 18.0 Å². The van der Waals surface area contributed by atoms with Gasteiger partial charge in [0.2, 0.25) is 21.8 Å². The molecule has 1 saturated heterocycles. The van der Waals surface area contributed by atoms with E-state index in [1.54, 1.807) is 25.7 Å². The zero-order valence-corrected chi connectivity index (χ0v) is 36.7. The molecule has 292 valence electrons. The van der Waals surface area contributed by atoms with Crippen molar-refractivity contribution >= 4 is 39.9 Å². The third-order valence-corrected chi connectivity index (χ3v) is 13.3. The smallest absolute Gasteiger partial charge is 0.449 e. The van der Waals surface area contributed by atoms with Crippen LogP contribution in [0.3, 0.4) is 0 Å². The topological polar surface area (TPSA) is 181 Å². The number of hydrogen-bond donors (Lipinski definition) is 3. The van der Waals surface area contributed by atoms with Crippen LogP contribution >= 0.6 is 0 Å². The Kier molecular flexibility index (Phi) is 13.0. The second-order valence-electron chi connectivity index (χ2n) is 17.5. The van der Waals surface area contributed by atoms with E-state index >= 15 is 0 Å². The van der Waals surface area contributed by atoms with Crippen molar-refractivity contribution in [2.45, 2.75) is 141 Å². The van der Waals surface area contributed by atoms with Gasteiger partial charge in [0.05, 0.1) is 18.4 Å². The van der Waals surface area contributed by atoms with Crippen LogP contribution in [-0.2, 0) is 53.4 Å². The Morgan fingerprint density at radius 2 is 1.76 bits per heavy atom. The van der Waals surface area contributed by atoms with Gasteiger partial charge in [-0.05, 0) is 72.0 Å². The number of sulfonamides is 1. The van der Waals surface area contributed by atoms with Gasteiger partial charge in [0.1, 0.15) is 23.7 Å². The first-order valence-corrected chi connectivity index (χ1v) is 20.6. The van der Waals surface area contributed by atoms with E-state index < -0.39 is 74.3 Å². The molecule has 2 aliphatic carbocycles. The van der Waals surface area contributed by atoms with Gasteiger partial charge in [0.15, 0.2) is 0 Å². The third kappa shape index (κ3) is 9.47. The molecule has 14 nitrogen and oxygen atoms in total. The number of carbonyl (C=O) groups excluding carboxylic acids is 5. The molecule has 3 aliphatic heterocycles. The molecule has 0 spiro atoms. The molecule has 54 heavy (non-hydrogen) atoms. The number of amides is 5. The van der Waals surface area contributed by atoms with E-state index in [0.717, 1.165) is 36.8 Å². The van der Waals surface area contributed by atoms with Gasteiger partial charge in [-0.2, -0.15) is 0 Å². The Labute approximate surface area is 361 Å². The average Bonchev–Trinajstić information content (AvgIpc) is 3.97. The number of nitrogens with one attached hydrogen (secondary N) is 3. The van der Waals surface area contributed by atoms with Crippen LogP contribution in [0.1, 0.15) is 110 Å². The second kappa shape index (κ2) is 16.3. The number of carbonyl (C=O) groups is 5. The van der Waals surface area contributed by atoms with E-state index in [-0.39, 0.29) is 88.7 Å². The number of alkyl carbamates (subject to hydrolysis) is 1. The van der Waals surface area contributed by atoms with Gasteiger partial charge in [-0.3, -0.25) is 24.0 Å². The van der Waals surface area contributed by atoms with Gasteiger partial charge in [-0.15, -0.1) is 0 Å². The average molecular weight is 797 g/mol. The molecular weight excluding hydrogens is 742 g/mol. The fourth-order valence-electron chi connectivity index (χ4n) is 7.97. The largest absolute Gasteiger partial charge is 1.00 e. The number of aryl methyl sites for hydroxylation is 1. The van der Waals surface area contributed by atoms with Crippen LogP contribution in [0.4, 0.5) is 9.59 Å². The van der Waals surface area contributed by atoms with Crippen LogP contribution in [0.25, 0.3) is 0 Å². The molecule has 3 N–H and O–H groups in total. The number of cyclic esters (lactones) is 1. The second-order valence-corrected chi connectivity index (χ2v) is 19.5. The van der Waals surface area contributed by atoms with Crippen LogP contribution in [0, 0.1) is 16.7 Å². The van der Waals surface area contributed by atoms with Crippen molar-refractivity contribution in [1.29, 1.82) is 0 Å². The Balaban J connectivity index is 0.00000561. The molecule has 16 heteroatoms. The standard InChI is InChI=1S/C38H55N5O9S.K/c1-7-25-18-38(25,33(46)41-53(49,50)27-14-15-27)40-31(44)29-17-26-20-43(29)32(45)30(36(2,3)4)39-34(47)51-22-37(5,6)16-9-8-11-23-12-10-13-24-19-42(21-28(23)24)35(48)52-26;/h10,12-13,25-27,29-30H,7-9,11,14-22H2,1-6H3,(H,39,47)(H,40,44)(H,41,46);/q;+1/t25-,26-,29+,30?,38?;/m1./s1. The minimum absolute atomic E-state index is 0. The van der Waals surface area contributed by atoms with E-state index in [4.69, 9.17) is 9.47 Å². The fourth-order valence-corrected chi connectivity index (χ4v) is 9.33. The van der Waals surface area contributed by atoms with E-state index in [2.05, 4.69) is 21.4 Å². The predicted octanol–water partition coefficient (Wildman–Crippen LogP) is 0.899. The van der Waals surface area contributed by atoms with E-state index in [9.17, 15) is 32.4 Å². The van der Waals surface area contributed by atoms with Crippen molar-refractivity contribution < 1.29 is 93.2 Å². The number of ether oxygens (including phenoxy) is 2. The molecule has 4 bridgehead atoms. The van der Waals surface area contributed by atoms with E-state index in [1.807, 2.05) is 32.9 Å². The van der Waals surface area contributed by atoms with Gasteiger partial charge in [0.25, 0.3) is 5.91 Å². The van der Waals surface area contributed by atoms with Gasteiger partial charge in [-0.1, -0.05) is 72.6 Å². The monoisotopic (exact) mass is 796 g/mol. The zero-order chi connectivity index (χ0) is 38.5. The summed E-state index contributed by atoms with van der Waals surface area (Å²) in [5.74, 6) is -2.33. The van der Waals surface area contributed by atoms with Crippen LogP contribution < -0.4 is 66.7 Å². The molecule has 5 aliphatic rings. The summed E-state index contributed by atoms with van der Waals surface area (Å²) < 4.78 is 39.3. The maximum atomic E-state index is 14.5. The number of benzene rings is 1. The minimum atomic E-state index is -3.88. The van der Waals surface area contributed by atoms with Crippen molar-refractivity contribution in [3.63, 3.8) is 0 Å². The summed E-state index contributed by atoms with van der Waals surface area (Å²) in [6.07, 6.45) is 2.94. The molecule has 1 aromatic carbocycles. The normalized spacial score (nSPS) is 28.9. The van der Waals surface area contributed by atoms with Crippen molar-refractivity contribution in [2.24, 2.45) is 16.7 Å². The molecule has 2 saturated carbocycles. The third-order valence-electron chi connectivity index (χ3n) is 11.5. The predicted molar refractivity (Wildman–Crippen MR) is 194 cm³/mol. The molecule has 0 radical (unpaired) electrons. The molecule has 5 atom stereocenters. The molecule has 1 aromatic rings. The van der Waals surface area contributed by atoms with Crippen LogP contribution in [0.15, 0.2) is 18.2 Å². The van der Waals surface area contributed by atoms with Crippen molar-refractivity contribution in [2.75, 3.05) is 13.2 Å². The quantitative estimate of drug-likeness (QED) is 0.353. The first-order valence-electron chi connectivity index (χ1n) is 19.0. The molecule has 3 fully saturated rings. The number of nitrogens with zero attached hydrogens (tertiary/aromatic N) is 2. The summed E-state index contributed by atoms with van der Waals surface area (Å²) in [6.45, 7) is 12.1. The molecule has 2 unspecified atom stereocenters. The van der Waals surface area contributed by atoms with E-state index in [0.29, 0.717) is 32.4 Å². The Morgan fingerprint density at radius 3 is 2.41 bits per heavy atom. The van der Waals surface area contributed by atoms with Crippen molar-refractivity contribution in [1.82, 2.24) is 25.2 Å². The van der Waals surface area contributed by atoms with Crippen LogP contribution in [0.5, 0.6) is 0 Å². The van der Waals surface area contributed by atoms with Gasteiger partial charge in [0, 0.05) is 19.5 Å². The Hall–Kier alpha value is -2.24. The number of fused-ring (bicyclic) bond motifs is 3. The van der Waals surface area contributed by atoms with Crippen molar-refractivity contribution in [3.8, 4) is 0 Å². The molecule has 0 aromatic heterocycles. The molecule has 3 heterocycles. The molecule has 5 amide bonds. The van der Waals surface area contributed by atoms with Gasteiger partial charge >= 0.3 is 63.6 Å². The minimum Gasteiger partial charge on any atom is -0.449 e. The number of rotatable bonds is 6. The summed E-state index contributed by atoms with van der Waals surface area (Å²) >= 11 is 0.